The Hall–Kier alpha value is -2.83. The molecule has 0 bridgehead atoms. The van der Waals surface area contributed by atoms with Crippen molar-refractivity contribution >= 4 is 11.7 Å². The maximum absolute atomic E-state index is 12.7. The molecular formula is C20H22F2N4O. The number of aliphatic imine (C=N–C) groups is 1. The Morgan fingerprint density at radius 3 is 2.67 bits per heavy atom. The quantitative estimate of drug-likeness (QED) is 0.819. The highest BCUT2D eigenvalue weighted by Crippen LogP contribution is 2.19. The standard InChI is InChI=1S/C20H22F2N4O/c1-12(14-6-4-3-5-7-14)25-18(27)9-16-8-15-10-24-20(17(15)11-23-16)26-13(2)19(21)22/h3-8,11-13,19H,9-10H2,1-2H3,(H,24,26)(H,25,27)/t12-,13-/m1/s1. The van der Waals surface area contributed by atoms with E-state index in [-0.39, 0.29) is 18.4 Å². The van der Waals surface area contributed by atoms with E-state index >= 15 is 0 Å². The maximum Gasteiger partial charge on any atom is 0.258 e. The Labute approximate surface area is 156 Å². The van der Waals surface area contributed by atoms with Crippen LogP contribution in [0.15, 0.2) is 47.6 Å². The summed E-state index contributed by atoms with van der Waals surface area (Å²) in [5.41, 5.74) is 3.26. The Morgan fingerprint density at radius 1 is 1.22 bits per heavy atom. The molecule has 0 spiro atoms. The van der Waals surface area contributed by atoms with Crippen molar-refractivity contribution in [3.8, 4) is 0 Å². The predicted octanol–water partition coefficient (Wildman–Crippen LogP) is 3.00. The molecule has 0 unspecified atom stereocenters. The Morgan fingerprint density at radius 2 is 1.96 bits per heavy atom. The fourth-order valence-electron chi connectivity index (χ4n) is 2.92. The van der Waals surface area contributed by atoms with Crippen LogP contribution in [-0.4, -0.2) is 29.2 Å². The Kier molecular flexibility index (Phi) is 5.78. The van der Waals surface area contributed by atoms with Gasteiger partial charge in [0.2, 0.25) is 5.91 Å². The summed E-state index contributed by atoms with van der Waals surface area (Å²) in [6, 6.07) is 10.5. The molecule has 0 radical (unpaired) electrons. The number of hydrogen-bond acceptors (Lipinski definition) is 4. The third-order valence-corrected chi connectivity index (χ3v) is 4.47. The highest BCUT2D eigenvalue weighted by Gasteiger charge is 2.22. The number of pyridine rings is 1. The fraction of sp³-hybridized carbons (Fsp3) is 0.350. The van der Waals surface area contributed by atoms with Crippen molar-refractivity contribution in [1.29, 1.82) is 0 Å². The van der Waals surface area contributed by atoms with E-state index in [9.17, 15) is 13.6 Å². The van der Waals surface area contributed by atoms with Gasteiger partial charge in [0.25, 0.3) is 6.43 Å². The number of hydrogen-bond donors (Lipinski definition) is 2. The first-order chi connectivity index (χ1) is 12.9. The van der Waals surface area contributed by atoms with E-state index in [1.165, 1.54) is 6.92 Å². The van der Waals surface area contributed by atoms with Crippen molar-refractivity contribution < 1.29 is 13.6 Å². The zero-order chi connectivity index (χ0) is 19.4. The van der Waals surface area contributed by atoms with Gasteiger partial charge < -0.3 is 10.6 Å². The smallest absolute Gasteiger partial charge is 0.258 e. The Bertz CT molecular complexity index is 839. The number of benzene rings is 1. The number of nitrogens with zero attached hydrogens (tertiary/aromatic N) is 2. The van der Waals surface area contributed by atoms with E-state index in [0.717, 1.165) is 11.1 Å². The molecule has 0 fully saturated rings. The molecule has 1 aliphatic heterocycles. The van der Waals surface area contributed by atoms with Gasteiger partial charge >= 0.3 is 0 Å². The second-order valence-electron chi connectivity index (χ2n) is 6.64. The van der Waals surface area contributed by atoms with Crippen molar-refractivity contribution in [2.75, 3.05) is 0 Å². The van der Waals surface area contributed by atoms with Crippen LogP contribution in [0.5, 0.6) is 0 Å². The molecular weight excluding hydrogens is 350 g/mol. The lowest BCUT2D eigenvalue weighted by atomic mass is 10.1. The van der Waals surface area contributed by atoms with Gasteiger partial charge in [-0.15, -0.1) is 0 Å². The van der Waals surface area contributed by atoms with Gasteiger partial charge in [-0.3, -0.25) is 14.8 Å². The van der Waals surface area contributed by atoms with Gasteiger partial charge in [-0.25, -0.2) is 8.78 Å². The van der Waals surface area contributed by atoms with Crippen LogP contribution < -0.4 is 10.6 Å². The lowest BCUT2D eigenvalue weighted by Gasteiger charge is -2.15. The average molecular weight is 372 g/mol. The number of amides is 1. The van der Waals surface area contributed by atoms with Gasteiger partial charge in [-0.1, -0.05) is 30.3 Å². The minimum Gasteiger partial charge on any atom is -0.362 e. The van der Waals surface area contributed by atoms with Gasteiger partial charge in [-0.2, -0.15) is 0 Å². The van der Waals surface area contributed by atoms with E-state index in [2.05, 4.69) is 20.6 Å². The maximum atomic E-state index is 12.7. The van der Waals surface area contributed by atoms with Gasteiger partial charge in [0.15, 0.2) is 0 Å². The molecule has 7 heteroatoms. The molecule has 1 aromatic carbocycles. The summed E-state index contributed by atoms with van der Waals surface area (Å²) in [5, 5.41) is 5.68. The molecule has 1 amide bonds. The number of rotatable bonds is 6. The zero-order valence-corrected chi connectivity index (χ0v) is 15.2. The third-order valence-electron chi connectivity index (χ3n) is 4.47. The second-order valence-corrected chi connectivity index (χ2v) is 6.64. The highest BCUT2D eigenvalue weighted by molar-refractivity contribution is 6.02. The normalized spacial score (nSPS) is 15.1. The minimum absolute atomic E-state index is 0.0944. The highest BCUT2D eigenvalue weighted by atomic mass is 19.3. The van der Waals surface area contributed by atoms with Crippen LogP contribution in [0, 0.1) is 0 Å². The average Bonchev–Trinajstić information content (AvgIpc) is 3.04. The number of carbonyl (C=O) groups excluding carboxylic acids is 1. The fourth-order valence-corrected chi connectivity index (χ4v) is 2.92. The largest absolute Gasteiger partial charge is 0.362 e. The van der Waals surface area contributed by atoms with E-state index < -0.39 is 12.5 Å². The number of nitrogens with one attached hydrogen (secondary N) is 2. The summed E-state index contributed by atoms with van der Waals surface area (Å²) < 4.78 is 25.4. The summed E-state index contributed by atoms with van der Waals surface area (Å²) in [4.78, 5) is 20.9. The number of fused-ring (bicyclic) bond motifs is 1. The van der Waals surface area contributed by atoms with Crippen LogP contribution in [-0.2, 0) is 17.8 Å². The minimum atomic E-state index is -2.47. The first-order valence-electron chi connectivity index (χ1n) is 8.85. The number of aromatic nitrogens is 1. The molecule has 27 heavy (non-hydrogen) atoms. The van der Waals surface area contributed by atoms with Crippen molar-refractivity contribution in [3.63, 3.8) is 0 Å². The molecule has 2 N–H and O–H groups in total. The topological polar surface area (TPSA) is 66.4 Å². The van der Waals surface area contributed by atoms with Gasteiger partial charge in [0.1, 0.15) is 5.84 Å². The van der Waals surface area contributed by atoms with Crippen LogP contribution in [0.25, 0.3) is 0 Å². The number of carbonyl (C=O) groups is 1. The summed E-state index contributed by atoms with van der Waals surface area (Å²) in [5.74, 6) is 0.307. The number of amidine groups is 1. The molecule has 1 aromatic heterocycles. The first kappa shape index (κ1) is 18.9. The molecule has 0 aliphatic carbocycles. The number of halogens is 2. The third kappa shape index (κ3) is 4.67. The summed E-state index contributed by atoms with van der Waals surface area (Å²) in [6.45, 7) is 3.73. The molecule has 2 aromatic rings. The predicted molar refractivity (Wildman–Crippen MR) is 99.8 cm³/mol. The van der Waals surface area contributed by atoms with E-state index in [0.29, 0.717) is 23.6 Å². The monoisotopic (exact) mass is 372 g/mol. The molecule has 2 atom stereocenters. The van der Waals surface area contributed by atoms with Gasteiger partial charge in [0, 0.05) is 11.8 Å². The first-order valence-corrected chi connectivity index (χ1v) is 8.85. The van der Waals surface area contributed by atoms with Crippen LogP contribution in [0.1, 0.15) is 42.3 Å². The lowest BCUT2D eigenvalue weighted by Crippen LogP contribution is -2.37. The molecule has 0 saturated heterocycles. The summed E-state index contributed by atoms with van der Waals surface area (Å²) in [6.07, 6.45) is -0.727. The molecule has 142 valence electrons. The SMILES string of the molecule is C[C@@H](NC(=O)Cc1cc2c(cn1)C(N[C@H](C)C(F)F)=NC2)c1ccccc1. The zero-order valence-electron chi connectivity index (χ0n) is 15.2. The van der Waals surface area contributed by atoms with E-state index in [1.54, 1.807) is 6.20 Å². The number of alkyl halides is 2. The van der Waals surface area contributed by atoms with Crippen LogP contribution >= 0.6 is 0 Å². The van der Waals surface area contributed by atoms with Gasteiger partial charge in [0.05, 0.1) is 30.7 Å². The van der Waals surface area contributed by atoms with E-state index in [4.69, 9.17) is 0 Å². The van der Waals surface area contributed by atoms with Crippen LogP contribution in [0.3, 0.4) is 0 Å². The summed E-state index contributed by atoms with van der Waals surface area (Å²) in [7, 11) is 0. The van der Waals surface area contributed by atoms with Gasteiger partial charge in [-0.05, 0) is 31.0 Å². The summed E-state index contributed by atoms with van der Waals surface area (Å²) >= 11 is 0. The van der Waals surface area contributed by atoms with E-state index in [1.807, 2.05) is 43.3 Å². The van der Waals surface area contributed by atoms with Crippen molar-refractivity contribution in [1.82, 2.24) is 15.6 Å². The van der Waals surface area contributed by atoms with Crippen molar-refractivity contribution in [2.24, 2.45) is 4.99 Å². The molecule has 1 aliphatic rings. The van der Waals surface area contributed by atoms with Crippen LogP contribution in [0.4, 0.5) is 8.78 Å². The molecule has 0 saturated carbocycles. The molecule has 2 heterocycles. The van der Waals surface area contributed by atoms with Crippen molar-refractivity contribution in [2.45, 2.75) is 45.3 Å². The Balaban J connectivity index is 1.61. The second kappa shape index (κ2) is 8.24. The van der Waals surface area contributed by atoms with Crippen LogP contribution in [0.2, 0.25) is 0 Å². The van der Waals surface area contributed by atoms with Crippen molar-refractivity contribution in [3.05, 3.63) is 65.0 Å². The molecule has 3 rings (SSSR count). The lowest BCUT2D eigenvalue weighted by molar-refractivity contribution is -0.121. The molecule has 5 nitrogen and oxygen atoms in total.